The Labute approximate surface area is 105 Å². The van der Waals surface area contributed by atoms with Crippen molar-refractivity contribution in [1.82, 2.24) is 0 Å². The van der Waals surface area contributed by atoms with Crippen molar-refractivity contribution in [3.8, 4) is 0 Å². The van der Waals surface area contributed by atoms with Crippen molar-refractivity contribution >= 4 is 11.6 Å². The molecule has 0 N–H and O–H groups in total. The van der Waals surface area contributed by atoms with Crippen LogP contribution in [0.2, 0.25) is 0 Å². The van der Waals surface area contributed by atoms with Gasteiger partial charge in [0, 0.05) is 12.5 Å². The smallest absolute Gasteiger partial charge is 0.0578 e. The third-order valence-corrected chi connectivity index (χ3v) is 3.97. The first-order valence-electron chi connectivity index (χ1n) is 6.48. The number of ether oxygens (including phenoxy) is 2. The highest BCUT2D eigenvalue weighted by molar-refractivity contribution is 6.18. The summed E-state index contributed by atoms with van der Waals surface area (Å²) in [5.74, 6) is 1.37. The van der Waals surface area contributed by atoms with E-state index in [-0.39, 0.29) is 5.41 Å². The maximum atomic E-state index is 5.93. The molecule has 1 aliphatic heterocycles. The van der Waals surface area contributed by atoms with Gasteiger partial charge in [-0.25, -0.2) is 0 Å². The number of rotatable bonds is 9. The summed E-state index contributed by atoms with van der Waals surface area (Å²) in [6.45, 7) is 7.66. The second-order valence-electron chi connectivity index (χ2n) is 5.06. The van der Waals surface area contributed by atoms with E-state index in [1.54, 1.807) is 0 Å². The number of hydrogen-bond donors (Lipinski definition) is 0. The van der Waals surface area contributed by atoms with Crippen molar-refractivity contribution in [3.63, 3.8) is 0 Å². The molecule has 1 saturated heterocycles. The Kier molecular flexibility index (Phi) is 6.71. The van der Waals surface area contributed by atoms with Gasteiger partial charge in [-0.15, -0.1) is 11.6 Å². The second kappa shape index (κ2) is 7.52. The zero-order valence-electron chi connectivity index (χ0n) is 10.6. The lowest BCUT2D eigenvalue weighted by molar-refractivity contribution is -0.138. The van der Waals surface area contributed by atoms with Gasteiger partial charge in [0.15, 0.2) is 0 Å². The Balaban J connectivity index is 2.12. The molecule has 0 aromatic carbocycles. The van der Waals surface area contributed by atoms with Gasteiger partial charge in [0.25, 0.3) is 0 Å². The van der Waals surface area contributed by atoms with Gasteiger partial charge in [0.1, 0.15) is 0 Å². The molecular weight excluding hydrogens is 224 g/mol. The summed E-state index contributed by atoms with van der Waals surface area (Å²) in [4.78, 5) is 0. The maximum Gasteiger partial charge on any atom is 0.0578 e. The van der Waals surface area contributed by atoms with Crippen LogP contribution in [-0.2, 0) is 9.47 Å². The lowest BCUT2D eigenvalue weighted by Crippen LogP contribution is -2.48. The van der Waals surface area contributed by atoms with Crippen LogP contribution in [0, 0.1) is 11.3 Å². The molecule has 0 aliphatic carbocycles. The van der Waals surface area contributed by atoms with Crippen molar-refractivity contribution in [2.75, 3.05) is 32.3 Å². The van der Waals surface area contributed by atoms with Crippen LogP contribution in [0.4, 0.5) is 0 Å². The van der Waals surface area contributed by atoms with Gasteiger partial charge in [-0.05, 0) is 12.3 Å². The fourth-order valence-corrected chi connectivity index (χ4v) is 2.16. The first kappa shape index (κ1) is 14.3. The number of unbranched alkanes of at least 4 members (excludes halogenated alkanes) is 1. The highest BCUT2D eigenvalue weighted by Gasteiger charge is 2.38. The summed E-state index contributed by atoms with van der Waals surface area (Å²) < 4.78 is 11.0. The molecule has 2 nitrogen and oxygen atoms in total. The van der Waals surface area contributed by atoms with Gasteiger partial charge in [-0.3, -0.25) is 0 Å². The van der Waals surface area contributed by atoms with Gasteiger partial charge in [0.05, 0.1) is 25.2 Å². The van der Waals surface area contributed by atoms with Crippen LogP contribution in [0.15, 0.2) is 0 Å². The van der Waals surface area contributed by atoms with E-state index in [9.17, 15) is 0 Å². The van der Waals surface area contributed by atoms with Gasteiger partial charge in [-0.1, -0.05) is 33.1 Å². The normalized spacial score (nSPS) is 20.4. The molecule has 0 saturated carbocycles. The number of hydrogen-bond acceptors (Lipinski definition) is 2. The standard InChI is InChI=1S/C13H25ClO2/c1-3-5-6-12(4-2)7-15-9-13(8-14)10-16-11-13/h12H,3-11H2,1-2H3. The molecule has 1 aliphatic rings. The summed E-state index contributed by atoms with van der Waals surface area (Å²) in [5.41, 5.74) is 0.116. The minimum absolute atomic E-state index is 0.116. The molecule has 1 unspecified atom stereocenters. The van der Waals surface area contributed by atoms with E-state index < -0.39 is 0 Å². The van der Waals surface area contributed by atoms with E-state index in [1.165, 1.54) is 25.7 Å². The first-order chi connectivity index (χ1) is 7.76. The maximum absolute atomic E-state index is 5.93. The highest BCUT2D eigenvalue weighted by Crippen LogP contribution is 2.29. The second-order valence-corrected chi connectivity index (χ2v) is 5.33. The molecule has 3 heteroatoms. The fourth-order valence-electron chi connectivity index (χ4n) is 1.93. The minimum Gasteiger partial charge on any atom is -0.380 e. The molecule has 0 aromatic heterocycles. The molecule has 0 spiro atoms. The summed E-state index contributed by atoms with van der Waals surface area (Å²) in [5, 5.41) is 0. The topological polar surface area (TPSA) is 18.5 Å². The largest absolute Gasteiger partial charge is 0.380 e. The molecule has 0 bridgehead atoms. The van der Waals surface area contributed by atoms with Gasteiger partial charge >= 0.3 is 0 Å². The summed E-state index contributed by atoms with van der Waals surface area (Å²) in [7, 11) is 0. The molecule has 1 fully saturated rings. The quantitative estimate of drug-likeness (QED) is 0.582. The summed E-state index contributed by atoms with van der Waals surface area (Å²) in [6, 6.07) is 0. The summed E-state index contributed by atoms with van der Waals surface area (Å²) >= 11 is 5.93. The average Bonchev–Trinajstić information content (AvgIpc) is 2.26. The van der Waals surface area contributed by atoms with Crippen molar-refractivity contribution in [2.24, 2.45) is 11.3 Å². The van der Waals surface area contributed by atoms with Crippen LogP contribution in [0.3, 0.4) is 0 Å². The van der Waals surface area contributed by atoms with E-state index in [1.807, 2.05) is 0 Å². The molecule has 0 amide bonds. The number of halogens is 1. The van der Waals surface area contributed by atoms with E-state index >= 15 is 0 Å². The molecule has 1 rings (SSSR count). The van der Waals surface area contributed by atoms with Gasteiger partial charge < -0.3 is 9.47 Å². The van der Waals surface area contributed by atoms with Crippen LogP contribution in [0.5, 0.6) is 0 Å². The molecule has 1 atom stereocenters. The SMILES string of the molecule is CCCCC(CC)COCC1(CCl)COC1. The Hall–Kier alpha value is 0.210. The van der Waals surface area contributed by atoms with Gasteiger partial charge in [-0.2, -0.15) is 0 Å². The molecule has 96 valence electrons. The van der Waals surface area contributed by atoms with Crippen molar-refractivity contribution in [2.45, 2.75) is 39.5 Å². The third-order valence-electron chi connectivity index (χ3n) is 3.41. The molecule has 0 radical (unpaired) electrons. The Morgan fingerprint density at radius 1 is 1.38 bits per heavy atom. The Morgan fingerprint density at radius 3 is 2.56 bits per heavy atom. The van der Waals surface area contributed by atoms with Crippen LogP contribution >= 0.6 is 11.6 Å². The predicted molar refractivity (Wildman–Crippen MR) is 68.1 cm³/mol. The molecular formula is C13H25ClO2. The van der Waals surface area contributed by atoms with E-state index in [4.69, 9.17) is 21.1 Å². The van der Waals surface area contributed by atoms with Crippen LogP contribution in [0.1, 0.15) is 39.5 Å². The fraction of sp³-hybridized carbons (Fsp3) is 1.00. The van der Waals surface area contributed by atoms with Gasteiger partial charge in [0.2, 0.25) is 0 Å². The van der Waals surface area contributed by atoms with Crippen LogP contribution in [0.25, 0.3) is 0 Å². The zero-order valence-corrected chi connectivity index (χ0v) is 11.4. The average molecular weight is 249 g/mol. The number of alkyl halides is 1. The Bertz CT molecular complexity index is 175. The highest BCUT2D eigenvalue weighted by atomic mass is 35.5. The lowest BCUT2D eigenvalue weighted by Gasteiger charge is -2.39. The first-order valence-corrected chi connectivity index (χ1v) is 7.01. The molecule has 0 aromatic rings. The lowest BCUT2D eigenvalue weighted by atomic mass is 9.89. The predicted octanol–water partition coefficient (Wildman–Crippen LogP) is 3.47. The van der Waals surface area contributed by atoms with Crippen LogP contribution < -0.4 is 0 Å². The zero-order chi connectivity index (χ0) is 11.9. The van der Waals surface area contributed by atoms with Crippen molar-refractivity contribution in [3.05, 3.63) is 0 Å². The van der Waals surface area contributed by atoms with E-state index in [0.29, 0.717) is 11.8 Å². The van der Waals surface area contributed by atoms with Crippen molar-refractivity contribution in [1.29, 1.82) is 0 Å². The summed E-state index contributed by atoms with van der Waals surface area (Å²) in [6.07, 6.45) is 5.09. The Morgan fingerprint density at radius 2 is 2.12 bits per heavy atom. The minimum atomic E-state index is 0.116. The van der Waals surface area contributed by atoms with E-state index in [2.05, 4.69) is 13.8 Å². The molecule has 1 heterocycles. The molecule has 16 heavy (non-hydrogen) atoms. The third kappa shape index (κ3) is 4.23. The van der Waals surface area contributed by atoms with E-state index in [0.717, 1.165) is 26.4 Å². The van der Waals surface area contributed by atoms with Crippen LogP contribution in [-0.4, -0.2) is 32.3 Å². The van der Waals surface area contributed by atoms with Crippen molar-refractivity contribution < 1.29 is 9.47 Å². The monoisotopic (exact) mass is 248 g/mol.